The van der Waals surface area contributed by atoms with Crippen molar-refractivity contribution in [3.8, 4) is 0 Å². The van der Waals surface area contributed by atoms with E-state index >= 15 is 0 Å². The van der Waals surface area contributed by atoms with Crippen LogP contribution in [0.2, 0.25) is 0 Å². The van der Waals surface area contributed by atoms with Crippen LogP contribution in [0, 0.1) is 6.92 Å². The van der Waals surface area contributed by atoms with Crippen LogP contribution in [0.5, 0.6) is 0 Å². The van der Waals surface area contributed by atoms with Crippen LogP contribution in [-0.4, -0.2) is 21.1 Å². The maximum absolute atomic E-state index is 12.6. The Kier molecular flexibility index (Phi) is 3.63. The molecule has 22 heavy (non-hydrogen) atoms. The van der Waals surface area contributed by atoms with Gasteiger partial charge in [-0.05, 0) is 30.0 Å². The molecule has 5 nitrogen and oxygen atoms in total. The molecule has 2 aromatic heterocycles. The average Bonchev–Trinajstić information content (AvgIpc) is 2.93. The molecule has 0 spiro atoms. The van der Waals surface area contributed by atoms with Gasteiger partial charge in [-0.25, -0.2) is 0 Å². The van der Waals surface area contributed by atoms with Crippen molar-refractivity contribution in [2.24, 2.45) is 0 Å². The van der Waals surface area contributed by atoms with Gasteiger partial charge in [-0.1, -0.05) is 32.0 Å². The number of H-pyrrole nitrogens is 1. The molecule has 0 saturated carbocycles. The number of pyridine rings is 1. The summed E-state index contributed by atoms with van der Waals surface area (Å²) >= 11 is 0. The van der Waals surface area contributed by atoms with Gasteiger partial charge in [-0.2, -0.15) is 5.10 Å². The summed E-state index contributed by atoms with van der Waals surface area (Å²) in [4.78, 5) is 16.7. The van der Waals surface area contributed by atoms with E-state index in [1.807, 2.05) is 25.1 Å². The van der Waals surface area contributed by atoms with Crippen molar-refractivity contribution in [2.45, 2.75) is 26.7 Å². The van der Waals surface area contributed by atoms with Crippen molar-refractivity contribution >= 4 is 22.5 Å². The molecule has 0 unspecified atom stereocenters. The van der Waals surface area contributed by atoms with Crippen LogP contribution >= 0.6 is 0 Å². The highest BCUT2D eigenvalue weighted by molar-refractivity contribution is 6.11. The molecule has 0 aliphatic heterocycles. The smallest absolute Gasteiger partial charge is 0.276 e. The predicted octanol–water partition coefficient (Wildman–Crippen LogP) is 3.64. The van der Waals surface area contributed by atoms with Gasteiger partial charge in [-0.15, -0.1) is 0 Å². The first-order valence-electron chi connectivity index (χ1n) is 7.27. The van der Waals surface area contributed by atoms with Crippen molar-refractivity contribution in [1.29, 1.82) is 0 Å². The molecule has 3 aromatic rings. The molecule has 0 fully saturated rings. The number of aromatic amines is 1. The number of anilines is 1. The number of carbonyl (C=O) groups is 1. The zero-order valence-corrected chi connectivity index (χ0v) is 12.8. The van der Waals surface area contributed by atoms with Crippen molar-refractivity contribution in [3.05, 3.63) is 53.5 Å². The molecule has 0 bridgehead atoms. The summed E-state index contributed by atoms with van der Waals surface area (Å²) in [5.41, 5.74) is 4.18. The fourth-order valence-corrected chi connectivity index (χ4v) is 2.55. The van der Waals surface area contributed by atoms with E-state index < -0.39 is 0 Å². The Morgan fingerprint density at radius 1 is 1.27 bits per heavy atom. The highest BCUT2D eigenvalue weighted by atomic mass is 16.1. The van der Waals surface area contributed by atoms with E-state index in [-0.39, 0.29) is 5.91 Å². The molecule has 1 amide bonds. The first-order valence-corrected chi connectivity index (χ1v) is 7.27. The Balaban J connectivity index is 1.99. The third-order valence-electron chi connectivity index (χ3n) is 3.74. The van der Waals surface area contributed by atoms with Crippen LogP contribution in [0.15, 0.2) is 36.7 Å². The Morgan fingerprint density at radius 3 is 2.86 bits per heavy atom. The van der Waals surface area contributed by atoms with Gasteiger partial charge in [0.25, 0.3) is 5.91 Å². The fraction of sp³-hybridized carbons (Fsp3) is 0.235. The van der Waals surface area contributed by atoms with Crippen molar-refractivity contribution in [3.63, 3.8) is 0 Å². The molecule has 5 heteroatoms. The van der Waals surface area contributed by atoms with Crippen LogP contribution in [0.3, 0.4) is 0 Å². The molecule has 0 saturated heterocycles. The summed E-state index contributed by atoms with van der Waals surface area (Å²) in [6.07, 6.45) is 3.31. The Hall–Kier alpha value is -2.69. The molecular weight excluding hydrogens is 276 g/mol. The molecular formula is C17H18N4O. The molecule has 0 aliphatic rings. The number of fused-ring (bicyclic) bond motifs is 1. The molecule has 0 atom stereocenters. The third kappa shape index (κ3) is 2.45. The molecule has 0 radical (unpaired) electrons. The summed E-state index contributed by atoms with van der Waals surface area (Å²) in [6, 6.07) is 7.84. The van der Waals surface area contributed by atoms with E-state index in [9.17, 15) is 4.79 Å². The summed E-state index contributed by atoms with van der Waals surface area (Å²) in [6.45, 7) is 6.21. The number of amides is 1. The standard InChI is InChI=1S/C17H18N4O/c1-10(2)12-6-4-5-11(3)15(12)19-17(22)16-13-9-18-8-7-14(13)20-21-16/h4-10H,1-3H3,(H,19,22)(H,20,21). The fourth-order valence-electron chi connectivity index (χ4n) is 2.55. The van der Waals surface area contributed by atoms with E-state index in [4.69, 9.17) is 0 Å². The summed E-state index contributed by atoms with van der Waals surface area (Å²) in [5.74, 6) is 0.100. The van der Waals surface area contributed by atoms with Crippen molar-refractivity contribution < 1.29 is 4.79 Å². The van der Waals surface area contributed by atoms with E-state index in [1.165, 1.54) is 0 Å². The van der Waals surface area contributed by atoms with Crippen LogP contribution in [-0.2, 0) is 0 Å². The minimum atomic E-state index is -0.226. The van der Waals surface area contributed by atoms with Gasteiger partial charge in [-0.3, -0.25) is 14.9 Å². The molecule has 112 valence electrons. The zero-order chi connectivity index (χ0) is 15.7. The Bertz CT molecular complexity index is 836. The van der Waals surface area contributed by atoms with Gasteiger partial charge in [0.1, 0.15) is 0 Å². The molecule has 3 rings (SSSR count). The second-order valence-electron chi connectivity index (χ2n) is 5.64. The number of benzene rings is 1. The molecule has 0 aliphatic carbocycles. The average molecular weight is 294 g/mol. The molecule has 1 aromatic carbocycles. The van der Waals surface area contributed by atoms with Crippen LogP contribution in [0.1, 0.15) is 41.4 Å². The highest BCUT2D eigenvalue weighted by Crippen LogP contribution is 2.28. The number of rotatable bonds is 3. The van der Waals surface area contributed by atoms with Gasteiger partial charge in [0.15, 0.2) is 5.69 Å². The molecule has 2 N–H and O–H groups in total. The number of hydrogen-bond donors (Lipinski definition) is 2. The van der Waals surface area contributed by atoms with Gasteiger partial charge in [0.05, 0.1) is 10.9 Å². The lowest BCUT2D eigenvalue weighted by Crippen LogP contribution is -2.15. The zero-order valence-electron chi connectivity index (χ0n) is 12.8. The number of aromatic nitrogens is 3. The second kappa shape index (κ2) is 5.60. The van der Waals surface area contributed by atoms with Gasteiger partial charge in [0, 0.05) is 18.1 Å². The van der Waals surface area contributed by atoms with Crippen molar-refractivity contribution in [1.82, 2.24) is 15.2 Å². The maximum atomic E-state index is 12.6. The number of nitrogens with zero attached hydrogens (tertiary/aromatic N) is 2. The Morgan fingerprint density at radius 2 is 2.09 bits per heavy atom. The van der Waals surface area contributed by atoms with Crippen LogP contribution in [0.25, 0.3) is 10.9 Å². The lowest BCUT2D eigenvalue weighted by atomic mass is 9.98. The van der Waals surface area contributed by atoms with Crippen LogP contribution in [0.4, 0.5) is 5.69 Å². The van der Waals surface area contributed by atoms with E-state index in [0.717, 1.165) is 27.7 Å². The summed E-state index contributed by atoms with van der Waals surface area (Å²) in [5, 5.41) is 10.7. The number of para-hydroxylation sites is 1. The number of carbonyl (C=O) groups excluding carboxylic acids is 1. The highest BCUT2D eigenvalue weighted by Gasteiger charge is 2.17. The van der Waals surface area contributed by atoms with E-state index in [0.29, 0.717) is 11.6 Å². The summed E-state index contributed by atoms with van der Waals surface area (Å²) < 4.78 is 0. The van der Waals surface area contributed by atoms with E-state index in [1.54, 1.807) is 18.5 Å². The minimum absolute atomic E-state index is 0.226. The Labute approximate surface area is 128 Å². The SMILES string of the molecule is Cc1cccc(C(C)C)c1NC(=O)c1n[nH]c2ccncc12. The van der Waals surface area contributed by atoms with E-state index in [2.05, 4.69) is 34.3 Å². The third-order valence-corrected chi connectivity index (χ3v) is 3.74. The second-order valence-corrected chi connectivity index (χ2v) is 5.64. The predicted molar refractivity (Wildman–Crippen MR) is 87.1 cm³/mol. The lowest BCUT2D eigenvalue weighted by Gasteiger charge is -2.15. The topological polar surface area (TPSA) is 70.7 Å². The van der Waals surface area contributed by atoms with Gasteiger partial charge >= 0.3 is 0 Å². The first-order chi connectivity index (χ1) is 10.6. The molecule has 2 heterocycles. The monoisotopic (exact) mass is 294 g/mol. The lowest BCUT2D eigenvalue weighted by molar-refractivity contribution is 0.102. The first kappa shape index (κ1) is 14.3. The quantitative estimate of drug-likeness (QED) is 0.774. The largest absolute Gasteiger partial charge is 0.320 e. The van der Waals surface area contributed by atoms with Crippen LogP contribution < -0.4 is 5.32 Å². The van der Waals surface area contributed by atoms with Gasteiger partial charge < -0.3 is 5.32 Å². The number of aryl methyl sites for hydroxylation is 1. The minimum Gasteiger partial charge on any atom is -0.320 e. The number of hydrogen-bond acceptors (Lipinski definition) is 3. The van der Waals surface area contributed by atoms with Gasteiger partial charge in [0.2, 0.25) is 0 Å². The number of nitrogens with one attached hydrogen (secondary N) is 2. The maximum Gasteiger partial charge on any atom is 0.276 e. The summed E-state index contributed by atoms with van der Waals surface area (Å²) in [7, 11) is 0. The normalized spacial score (nSPS) is 11.1. The van der Waals surface area contributed by atoms with Crippen molar-refractivity contribution in [2.75, 3.05) is 5.32 Å².